The molecule has 1 unspecified atom stereocenters. The van der Waals surface area contributed by atoms with Crippen molar-refractivity contribution in [2.75, 3.05) is 0 Å². The fraction of sp³-hybridized carbons (Fsp3) is 0.444. The molecule has 0 aliphatic rings. The third-order valence-electron chi connectivity index (χ3n) is 1.78. The average molecular weight is 192 g/mol. The maximum atomic E-state index is 11.5. The SMILES string of the molecule is Cc1cc(C(=O)NC(C)C#N)n(C)n1. The van der Waals surface area contributed by atoms with Gasteiger partial charge in [-0.05, 0) is 19.9 Å². The predicted molar refractivity (Wildman–Crippen MR) is 50.5 cm³/mol. The van der Waals surface area contributed by atoms with Crippen molar-refractivity contribution in [2.24, 2.45) is 7.05 Å². The minimum absolute atomic E-state index is 0.276. The first kappa shape index (κ1) is 10.3. The summed E-state index contributed by atoms with van der Waals surface area (Å²) < 4.78 is 1.49. The van der Waals surface area contributed by atoms with Crippen LogP contribution in [0.1, 0.15) is 23.1 Å². The van der Waals surface area contributed by atoms with Crippen LogP contribution in [0.4, 0.5) is 0 Å². The van der Waals surface area contributed by atoms with Crippen molar-refractivity contribution >= 4 is 5.91 Å². The van der Waals surface area contributed by atoms with E-state index in [4.69, 9.17) is 5.26 Å². The standard InChI is InChI=1S/C9H12N4O/c1-6-4-8(13(3)12-6)9(14)11-7(2)5-10/h4,7H,1-3H3,(H,11,14). The van der Waals surface area contributed by atoms with E-state index in [-0.39, 0.29) is 5.91 Å². The molecule has 1 aromatic heterocycles. The van der Waals surface area contributed by atoms with Crippen molar-refractivity contribution in [1.29, 1.82) is 5.26 Å². The molecule has 1 amide bonds. The first-order chi connectivity index (χ1) is 6.54. The van der Waals surface area contributed by atoms with Crippen LogP contribution in [0.25, 0.3) is 0 Å². The molecule has 5 heteroatoms. The summed E-state index contributed by atoms with van der Waals surface area (Å²) in [4.78, 5) is 11.5. The summed E-state index contributed by atoms with van der Waals surface area (Å²) in [6, 6.07) is 3.12. The predicted octanol–water partition coefficient (Wildman–Crippen LogP) is 0.370. The van der Waals surface area contributed by atoms with Crippen molar-refractivity contribution in [3.8, 4) is 6.07 Å². The summed E-state index contributed by atoms with van der Waals surface area (Å²) in [5.74, 6) is -0.276. The lowest BCUT2D eigenvalue weighted by atomic mass is 10.3. The van der Waals surface area contributed by atoms with Gasteiger partial charge in [-0.1, -0.05) is 0 Å². The van der Waals surface area contributed by atoms with E-state index in [9.17, 15) is 4.79 Å². The quantitative estimate of drug-likeness (QED) is 0.735. The maximum absolute atomic E-state index is 11.5. The summed E-state index contributed by atoms with van der Waals surface area (Å²) in [5, 5.41) is 15.1. The van der Waals surface area contributed by atoms with Crippen LogP contribution in [-0.4, -0.2) is 21.7 Å². The molecular weight excluding hydrogens is 180 g/mol. The van der Waals surface area contributed by atoms with E-state index in [0.29, 0.717) is 5.69 Å². The topological polar surface area (TPSA) is 70.7 Å². The lowest BCUT2D eigenvalue weighted by Crippen LogP contribution is -2.32. The molecule has 1 atom stereocenters. The van der Waals surface area contributed by atoms with Crippen LogP contribution in [-0.2, 0) is 7.05 Å². The summed E-state index contributed by atoms with van der Waals surface area (Å²) >= 11 is 0. The molecular formula is C9H12N4O. The number of amides is 1. The zero-order valence-electron chi connectivity index (χ0n) is 8.40. The van der Waals surface area contributed by atoms with Crippen LogP contribution < -0.4 is 5.32 Å². The smallest absolute Gasteiger partial charge is 0.270 e. The molecule has 1 rings (SSSR count). The Balaban J connectivity index is 2.80. The molecule has 0 radical (unpaired) electrons. The molecule has 1 heterocycles. The Bertz CT molecular complexity index is 388. The van der Waals surface area contributed by atoms with Crippen LogP contribution in [0.5, 0.6) is 0 Å². The largest absolute Gasteiger partial charge is 0.335 e. The van der Waals surface area contributed by atoms with E-state index in [1.54, 1.807) is 20.0 Å². The zero-order valence-corrected chi connectivity index (χ0v) is 8.40. The normalized spacial score (nSPS) is 11.9. The second kappa shape index (κ2) is 3.92. The number of nitrogens with one attached hydrogen (secondary N) is 1. The zero-order chi connectivity index (χ0) is 10.7. The highest BCUT2D eigenvalue weighted by Gasteiger charge is 2.13. The van der Waals surface area contributed by atoms with Crippen LogP contribution in [0, 0.1) is 18.3 Å². The third kappa shape index (κ3) is 2.10. The van der Waals surface area contributed by atoms with Crippen LogP contribution >= 0.6 is 0 Å². The lowest BCUT2D eigenvalue weighted by Gasteiger charge is -2.05. The van der Waals surface area contributed by atoms with Gasteiger partial charge in [0.25, 0.3) is 5.91 Å². The number of aryl methyl sites for hydroxylation is 2. The minimum Gasteiger partial charge on any atom is -0.335 e. The molecule has 1 N–H and O–H groups in total. The Morgan fingerprint density at radius 1 is 1.79 bits per heavy atom. The van der Waals surface area contributed by atoms with Crippen LogP contribution in [0.3, 0.4) is 0 Å². The average Bonchev–Trinajstić information content (AvgIpc) is 2.45. The number of carbonyl (C=O) groups excluding carboxylic acids is 1. The van der Waals surface area contributed by atoms with Crippen LogP contribution in [0.2, 0.25) is 0 Å². The fourth-order valence-corrected chi connectivity index (χ4v) is 1.13. The van der Waals surface area contributed by atoms with Gasteiger partial charge >= 0.3 is 0 Å². The Hall–Kier alpha value is -1.83. The van der Waals surface area contributed by atoms with E-state index < -0.39 is 6.04 Å². The number of nitriles is 1. The van der Waals surface area contributed by atoms with E-state index in [1.165, 1.54) is 4.68 Å². The summed E-state index contributed by atoms with van der Waals surface area (Å²) in [5.41, 5.74) is 1.24. The van der Waals surface area contributed by atoms with Crippen molar-refractivity contribution in [1.82, 2.24) is 15.1 Å². The van der Waals surface area contributed by atoms with Gasteiger partial charge < -0.3 is 5.32 Å². The fourth-order valence-electron chi connectivity index (χ4n) is 1.13. The van der Waals surface area contributed by atoms with Gasteiger partial charge in [-0.3, -0.25) is 9.48 Å². The highest BCUT2D eigenvalue weighted by atomic mass is 16.2. The molecule has 0 saturated carbocycles. The van der Waals surface area contributed by atoms with Gasteiger partial charge in [0.1, 0.15) is 11.7 Å². The van der Waals surface area contributed by atoms with E-state index in [1.807, 2.05) is 13.0 Å². The van der Waals surface area contributed by atoms with E-state index in [0.717, 1.165) is 5.69 Å². The van der Waals surface area contributed by atoms with Crippen molar-refractivity contribution < 1.29 is 4.79 Å². The maximum Gasteiger partial charge on any atom is 0.270 e. The van der Waals surface area contributed by atoms with Gasteiger partial charge in [-0.25, -0.2) is 0 Å². The molecule has 1 aromatic rings. The lowest BCUT2D eigenvalue weighted by molar-refractivity contribution is 0.0938. The molecule has 14 heavy (non-hydrogen) atoms. The number of aromatic nitrogens is 2. The summed E-state index contributed by atoms with van der Waals surface area (Å²) in [6.07, 6.45) is 0. The molecule has 0 bridgehead atoms. The van der Waals surface area contributed by atoms with Gasteiger partial charge in [0.2, 0.25) is 0 Å². The minimum atomic E-state index is -0.488. The molecule has 0 aliphatic carbocycles. The summed E-state index contributed by atoms with van der Waals surface area (Å²) in [7, 11) is 1.69. The highest BCUT2D eigenvalue weighted by Crippen LogP contribution is 2.01. The first-order valence-electron chi connectivity index (χ1n) is 4.25. The second-order valence-electron chi connectivity index (χ2n) is 3.12. The Morgan fingerprint density at radius 3 is 2.86 bits per heavy atom. The van der Waals surface area contributed by atoms with Crippen molar-refractivity contribution in [3.63, 3.8) is 0 Å². The molecule has 0 saturated heterocycles. The second-order valence-corrected chi connectivity index (χ2v) is 3.12. The molecule has 0 aromatic carbocycles. The monoisotopic (exact) mass is 192 g/mol. The van der Waals surface area contributed by atoms with E-state index >= 15 is 0 Å². The number of hydrogen-bond donors (Lipinski definition) is 1. The van der Waals surface area contributed by atoms with Crippen molar-refractivity contribution in [2.45, 2.75) is 19.9 Å². The van der Waals surface area contributed by atoms with Crippen LogP contribution in [0.15, 0.2) is 6.07 Å². The van der Waals surface area contributed by atoms with Gasteiger partial charge in [0.15, 0.2) is 0 Å². The van der Waals surface area contributed by atoms with Gasteiger partial charge in [-0.2, -0.15) is 10.4 Å². The first-order valence-corrected chi connectivity index (χ1v) is 4.25. The number of rotatable bonds is 2. The highest BCUT2D eigenvalue weighted by molar-refractivity contribution is 5.93. The Morgan fingerprint density at radius 2 is 2.43 bits per heavy atom. The number of carbonyl (C=O) groups is 1. The molecule has 74 valence electrons. The third-order valence-corrected chi connectivity index (χ3v) is 1.78. The van der Waals surface area contributed by atoms with Crippen molar-refractivity contribution in [3.05, 3.63) is 17.5 Å². The molecule has 0 spiro atoms. The molecule has 5 nitrogen and oxygen atoms in total. The number of hydrogen-bond acceptors (Lipinski definition) is 3. The molecule has 0 fully saturated rings. The van der Waals surface area contributed by atoms with Gasteiger partial charge in [0, 0.05) is 7.05 Å². The van der Waals surface area contributed by atoms with E-state index in [2.05, 4.69) is 10.4 Å². The Labute approximate surface area is 82.3 Å². The number of nitrogens with zero attached hydrogens (tertiary/aromatic N) is 3. The summed E-state index contributed by atoms with van der Waals surface area (Å²) in [6.45, 7) is 3.44. The van der Waals surface area contributed by atoms with Gasteiger partial charge in [-0.15, -0.1) is 0 Å². The van der Waals surface area contributed by atoms with Gasteiger partial charge in [0.05, 0.1) is 11.8 Å². The molecule has 0 aliphatic heterocycles. The Kier molecular flexibility index (Phi) is 2.87.